The SMILES string of the molecule is O=C1CCC(N2Cc3cc(NCCN4C5CC4CN(CC4CCN(c6cc7nccc(Oc8ccc(NC(=O)C9(C(=O)Nc%10ccc(F)cc%10)CC9)cc8)c7cc6OCC(F)(F)F)CC4)C5)ncc3C2=O)C(=O)N1. The lowest BCUT2D eigenvalue weighted by atomic mass is 9.86. The number of hydrogen-bond donors (Lipinski definition) is 4. The second-order valence-corrected chi connectivity index (χ2v) is 20.2. The van der Waals surface area contributed by atoms with Crippen molar-refractivity contribution in [3.05, 3.63) is 102 Å². The van der Waals surface area contributed by atoms with E-state index in [9.17, 15) is 41.5 Å². The number of rotatable bonds is 16. The number of alkyl halides is 3. The van der Waals surface area contributed by atoms with Gasteiger partial charge in [-0.3, -0.25) is 44.1 Å². The molecule has 8 heterocycles. The molecule has 1 saturated carbocycles. The lowest BCUT2D eigenvalue weighted by Crippen LogP contribution is -2.69. The number of anilines is 4. The number of piperidine rings is 3. The zero-order chi connectivity index (χ0) is 51.3. The van der Waals surface area contributed by atoms with Crippen LogP contribution in [0.15, 0.2) is 85.2 Å². The van der Waals surface area contributed by atoms with Gasteiger partial charge in [0.2, 0.25) is 23.6 Å². The van der Waals surface area contributed by atoms with Crippen LogP contribution in [0.4, 0.5) is 40.4 Å². The number of carbonyl (C=O) groups is 5. The predicted molar refractivity (Wildman–Crippen MR) is 264 cm³/mol. The standard InChI is InChI=1S/C53H54F4N10O7/c54-33-1-3-34(4-2-33)61-50(71)52(14-15-52)51(72)62-35-5-7-38(8-6-35)74-44-11-16-58-41-24-43(45(23-39(41)44)73-30-53(55,56)57)65-18-12-31(13-19-65)26-64-28-36-22-37(29-64)66(36)20-17-59-46-21-32-27-67(49(70)40(32)25-60-46)42-9-10-47(68)63-48(42)69/h1-8,11,16,21,23-25,31,36-37,42H,9-10,12-15,17-20,22,26-30H2,(H,59,60)(H,61,71)(H,62,72)(H,63,68,69). The van der Waals surface area contributed by atoms with Gasteiger partial charge in [0.25, 0.3) is 5.91 Å². The van der Waals surface area contributed by atoms with Crippen molar-refractivity contribution in [2.75, 3.05) is 73.3 Å². The van der Waals surface area contributed by atoms with Crippen LogP contribution < -0.4 is 35.6 Å². The molecule has 12 rings (SSSR count). The fraction of sp³-hybridized carbons (Fsp3) is 0.415. The summed E-state index contributed by atoms with van der Waals surface area (Å²) in [7, 11) is 0. The first-order chi connectivity index (χ1) is 35.6. The molecule has 3 aromatic carbocycles. The molecule has 5 amide bonds. The molecule has 6 aliphatic heterocycles. The summed E-state index contributed by atoms with van der Waals surface area (Å²) in [5.74, 6) is -0.517. The molecule has 0 spiro atoms. The van der Waals surface area contributed by atoms with Crippen LogP contribution in [0, 0.1) is 17.2 Å². The molecular formula is C53H54F4N10O7. The summed E-state index contributed by atoms with van der Waals surface area (Å²) in [6.45, 7) is 4.49. The third-order valence-corrected chi connectivity index (χ3v) is 15.2. The number of ether oxygens (including phenoxy) is 2. The Kier molecular flexibility index (Phi) is 13.1. The highest BCUT2D eigenvalue weighted by Crippen LogP contribution is 2.48. The van der Waals surface area contributed by atoms with Crippen LogP contribution in [0.25, 0.3) is 10.9 Å². The number of hydrogen-bond acceptors (Lipinski definition) is 13. The molecule has 6 fully saturated rings. The lowest BCUT2D eigenvalue weighted by Gasteiger charge is -2.57. The zero-order valence-corrected chi connectivity index (χ0v) is 40.3. The van der Waals surface area contributed by atoms with E-state index in [1.807, 2.05) is 6.07 Å². The van der Waals surface area contributed by atoms with E-state index in [2.05, 4.69) is 45.9 Å². The average molecular weight is 1020 g/mol. The number of piperazine rings is 1. The quantitative estimate of drug-likeness (QED) is 0.0464. The third kappa shape index (κ3) is 10.3. The fourth-order valence-corrected chi connectivity index (χ4v) is 11.1. The number of nitrogens with zero attached hydrogens (tertiary/aromatic N) is 6. The van der Waals surface area contributed by atoms with Crippen LogP contribution in [0.2, 0.25) is 0 Å². The summed E-state index contributed by atoms with van der Waals surface area (Å²) in [6.07, 6.45) is 2.66. The number of carbonyl (C=O) groups excluding carboxylic acids is 5. The first-order valence-electron chi connectivity index (χ1n) is 25.0. The van der Waals surface area contributed by atoms with Gasteiger partial charge >= 0.3 is 6.18 Å². The van der Waals surface area contributed by atoms with Crippen molar-refractivity contribution in [1.82, 2.24) is 30.0 Å². The molecule has 7 aliphatic rings. The van der Waals surface area contributed by atoms with Crippen molar-refractivity contribution in [2.24, 2.45) is 11.3 Å². The summed E-state index contributed by atoms with van der Waals surface area (Å²) in [5.41, 5.74) is 1.89. The van der Waals surface area contributed by atoms with Gasteiger partial charge in [0.05, 0.1) is 16.8 Å². The molecule has 4 N–H and O–H groups in total. The van der Waals surface area contributed by atoms with Crippen molar-refractivity contribution in [3.8, 4) is 17.2 Å². The summed E-state index contributed by atoms with van der Waals surface area (Å²) in [5, 5.41) is 11.7. The number of amides is 5. The van der Waals surface area contributed by atoms with Gasteiger partial charge in [-0.05, 0) is 123 Å². The van der Waals surface area contributed by atoms with Gasteiger partial charge in [-0.2, -0.15) is 13.2 Å². The van der Waals surface area contributed by atoms with Gasteiger partial charge < -0.3 is 35.2 Å². The van der Waals surface area contributed by atoms with Crippen LogP contribution >= 0.6 is 0 Å². The Morgan fingerprint density at radius 1 is 0.851 bits per heavy atom. The molecule has 17 nitrogen and oxygen atoms in total. The third-order valence-electron chi connectivity index (χ3n) is 15.2. The van der Waals surface area contributed by atoms with Gasteiger partial charge in [-0.15, -0.1) is 0 Å². The monoisotopic (exact) mass is 1020 g/mol. The average Bonchev–Trinajstić information content (AvgIpc) is 4.14. The molecule has 2 aromatic heterocycles. The highest BCUT2D eigenvalue weighted by Gasteiger charge is 2.56. The second kappa shape index (κ2) is 19.8. The molecule has 386 valence electrons. The molecule has 74 heavy (non-hydrogen) atoms. The highest BCUT2D eigenvalue weighted by atomic mass is 19.4. The number of imide groups is 1. The Morgan fingerprint density at radius 3 is 2.23 bits per heavy atom. The molecule has 3 unspecified atom stereocenters. The lowest BCUT2D eigenvalue weighted by molar-refractivity contribution is -0.153. The minimum absolute atomic E-state index is 0.0748. The summed E-state index contributed by atoms with van der Waals surface area (Å²) < 4.78 is 66.0. The van der Waals surface area contributed by atoms with E-state index in [0.717, 1.165) is 51.0 Å². The zero-order valence-electron chi connectivity index (χ0n) is 40.3. The summed E-state index contributed by atoms with van der Waals surface area (Å²) in [4.78, 5) is 81.2. The Labute approximate surface area is 422 Å². The largest absolute Gasteiger partial charge is 0.482 e. The van der Waals surface area contributed by atoms with Gasteiger partial charge in [0.15, 0.2) is 6.61 Å². The van der Waals surface area contributed by atoms with Gasteiger partial charge in [0.1, 0.15) is 40.3 Å². The number of benzene rings is 3. The first kappa shape index (κ1) is 48.9. The van der Waals surface area contributed by atoms with Crippen molar-refractivity contribution in [2.45, 2.75) is 75.8 Å². The molecule has 1 aliphatic carbocycles. The van der Waals surface area contributed by atoms with Crippen LogP contribution in [0.1, 0.15) is 60.9 Å². The minimum atomic E-state index is -4.56. The summed E-state index contributed by atoms with van der Waals surface area (Å²) in [6, 6.07) is 18.8. The normalized spacial score (nSPS) is 21.7. The van der Waals surface area contributed by atoms with Crippen LogP contribution in [0.5, 0.6) is 17.2 Å². The molecule has 21 heteroatoms. The van der Waals surface area contributed by atoms with Crippen molar-refractivity contribution in [1.29, 1.82) is 0 Å². The maximum Gasteiger partial charge on any atom is 0.422 e. The van der Waals surface area contributed by atoms with Crippen LogP contribution in [0.3, 0.4) is 0 Å². The van der Waals surface area contributed by atoms with Crippen molar-refractivity contribution < 1.29 is 51.0 Å². The van der Waals surface area contributed by atoms with Gasteiger partial charge in [0, 0.05) is 100 Å². The Bertz CT molecular complexity index is 2990. The number of nitrogens with one attached hydrogen (secondary N) is 4. The maximum absolute atomic E-state index is 13.6. The molecule has 0 radical (unpaired) electrons. The Balaban J connectivity index is 0.667. The van der Waals surface area contributed by atoms with E-state index < -0.39 is 47.8 Å². The van der Waals surface area contributed by atoms with E-state index in [1.165, 1.54) is 29.2 Å². The van der Waals surface area contributed by atoms with E-state index in [1.54, 1.807) is 54.9 Å². The topological polar surface area (TPSA) is 191 Å². The summed E-state index contributed by atoms with van der Waals surface area (Å²) >= 11 is 0. The highest BCUT2D eigenvalue weighted by molar-refractivity contribution is 6.17. The predicted octanol–water partition coefficient (Wildman–Crippen LogP) is 6.71. The maximum atomic E-state index is 13.6. The fourth-order valence-electron chi connectivity index (χ4n) is 11.1. The molecule has 2 bridgehead atoms. The Morgan fingerprint density at radius 2 is 1.55 bits per heavy atom. The Hall–Kier alpha value is -7.39. The number of pyridine rings is 2. The molecular weight excluding hydrogens is 965 g/mol. The molecule has 5 saturated heterocycles. The molecule has 3 atom stereocenters. The number of aromatic nitrogens is 2. The van der Waals surface area contributed by atoms with Crippen LogP contribution in [-0.4, -0.2) is 131 Å². The van der Waals surface area contributed by atoms with Crippen molar-refractivity contribution >= 4 is 63.3 Å². The van der Waals surface area contributed by atoms with E-state index in [-0.39, 0.29) is 24.0 Å². The smallest absolute Gasteiger partial charge is 0.422 e. The number of fused-ring (bicyclic) bond motifs is 4. The first-order valence-corrected chi connectivity index (χ1v) is 25.0. The van der Waals surface area contributed by atoms with Gasteiger partial charge in [-0.25, -0.2) is 9.37 Å². The minimum Gasteiger partial charge on any atom is -0.482 e. The second-order valence-electron chi connectivity index (χ2n) is 20.2. The van der Waals surface area contributed by atoms with E-state index in [4.69, 9.17) is 9.47 Å². The van der Waals surface area contributed by atoms with E-state index in [0.29, 0.717) is 114 Å². The number of halogens is 4. The van der Waals surface area contributed by atoms with Gasteiger partial charge in [-0.1, -0.05) is 0 Å². The van der Waals surface area contributed by atoms with Crippen LogP contribution in [-0.2, 0) is 25.7 Å². The van der Waals surface area contributed by atoms with Crippen molar-refractivity contribution in [3.63, 3.8) is 0 Å². The molecule has 5 aromatic rings. The van der Waals surface area contributed by atoms with E-state index >= 15 is 0 Å².